The monoisotopic (exact) mass is 399 g/mol. The van der Waals surface area contributed by atoms with Gasteiger partial charge in [0.2, 0.25) is 0 Å². The van der Waals surface area contributed by atoms with Gasteiger partial charge in [-0.1, -0.05) is 34.5 Å². The number of carboxylic acids is 1. The molecule has 0 radical (unpaired) electrons. The van der Waals surface area contributed by atoms with Crippen LogP contribution in [0.5, 0.6) is 5.75 Å². The average Bonchev–Trinajstić information content (AvgIpc) is 3.09. The summed E-state index contributed by atoms with van der Waals surface area (Å²) in [5.41, 5.74) is 1.23. The van der Waals surface area contributed by atoms with Gasteiger partial charge in [0.1, 0.15) is 17.0 Å². The van der Waals surface area contributed by atoms with Gasteiger partial charge in [0.25, 0.3) is 5.91 Å². The number of thiazole rings is 1. The SMILES string of the molecule is COc1cc(C(=O)O)cc2sc(NC(=O)c3[nH]c(C)c(Cl)c3Cl)nc12. The van der Waals surface area contributed by atoms with Gasteiger partial charge in [0.15, 0.2) is 5.13 Å². The number of anilines is 1. The molecule has 1 amide bonds. The Morgan fingerprint density at radius 3 is 2.60 bits per heavy atom. The Morgan fingerprint density at radius 2 is 2.04 bits per heavy atom. The smallest absolute Gasteiger partial charge is 0.335 e. The molecule has 7 nitrogen and oxygen atoms in total. The summed E-state index contributed by atoms with van der Waals surface area (Å²) in [5, 5.41) is 12.5. The predicted octanol–water partition coefficient (Wildman–Crippen LogP) is 4.20. The second kappa shape index (κ2) is 6.55. The molecule has 10 heteroatoms. The number of nitrogens with one attached hydrogen (secondary N) is 2. The molecule has 0 unspecified atom stereocenters. The maximum atomic E-state index is 12.4. The zero-order chi connectivity index (χ0) is 18.3. The number of hydrogen-bond acceptors (Lipinski definition) is 5. The van der Waals surface area contributed by atoms with Crippen LogP contribution in [0.1, 0.15) is 26.5 Å². The fraction of sp³-hybridized carbons (Fsp3) is 0.133. The van der Waals surface area contributed by atoms with Crippen molar-refractivity contribution in [3.05, 3.63) is 39.1 Å². The number of carbonyl (C=O) groups excluding carboxylic acids is 1. The Hall–Kier alpha value is -2.29. The molecule has 0 aliphatic rings. The van der Waals surface area contributed by atoms with E-state index < -0.39 is 11.9 Å². The molecule has 0 atom stereocenters. The Labute approximate surface area is 155 Å². The molecule has 3 rings (SSSR count). The van der Waals surface area contributed by atoms with Gasteiger partial charge in [-0.25, -0.2) is 9.78 Å². The fourth-order valence-electron chi connectivity index (χ4n) is 2.22. The van der Waals surface area contributed by atoms with Gasteiger partial charge in [-0.2, -0.15) is 0 Å². The molecule has 0 saturated carbocycles. The van der Waals surface area contributed by atoms with Gasteiger partial charge in [-0.15, -0.1) is 0 Å². The number of H-pyrrole nitrogens is 1. The zero-order valence-corrected chi connectivity index (χ0v) is 15.3. The van der Waals surface area contributed by atoms with Crippen LogP contribution in [0.25, 0.3) is 10.2 Å². The lowest BCUT2D eigenvalue weighted by Gasteiger charge is -2.02. The second-order valence-corrected chi connectivity index (χ2v) is 6.84. The minimum absolute atomic E-state index is 0.0701. The minimum Gasteiger partial charge on any atom is -0.494 e. The highest BCUT2D eigenvalue weighted by molar-refractivity contribution is 7.22. The number of hydrogen-bond donors (Lipinski definition) is 3. The summed E-state index contributed by atoms with van der Waals surface area (Å²) >= 11 is 13.1. The van der Waals surface area contributed by atoms with Crippen LogP contribution in [0, 0.1) is 6.92 Å². The van der Waals surface area contributed by atoms with Gasteiger partial charge in [-0.3, -0.25) is 10.1 Å². The van der Waals surface area contributed by atoms with E-state index in [1.54, 1.807) is 6.92 Å². The molecule has 0 spiro atoms. The van der Waals surface area contributed by atoms with Crippen molar-refractivity contribution in [1.82, 2.24) is 9.97 Å². The van der Waals surface area contributed by atoms with Gasteiger partial charge in [-0.05, 0) is 19.1 Å². The third-order valence-electron chi connectivity index (χ3n) is 3.43. The summed E-state index contributed by atoms with van der Waals surface area (Å²) in [6.07, 6.45) is 0. The van der Waals surface area contributed by atoms with Crippen LogP contribution >= 0.6 is 34.5 Å². The van der Waals surface area contributed by atoms with Gasteiger partial charge < -0.3 is 14.8 Å². The minimum atomic E-state index is -1.08. The quantitative estimate of drug-likeness (QED) is 0.609. The number of amides is 1. The number of nitrogens with zero attached hydrogens (tertiary/aromatic N) is 1. The highest BCUT2D eigenvalue weighted by atomic mass is 35.5. The first-order chi connectivity index (χ1) is 11.8. The molecule has 2 aromatic heterocycles. The number of benzene rings is 1. The van der Waals surface area contributed by atoms with E-state index in [0.29, 0.717) is 21.7 Å². The number of methoxy groups -OCH3 is 1. The first-order valence-electron chi connectivity index (χ1n) is 6.88. The predicted molar refractivity (Wildman–Crippen MR) is 96.6 cm³/mol. The molecule has 2 heterocycles. The van der Waals surface area contributed by atoms with Crippen LogP contribution in [-0.4, -0.2) is 34.1 Å². The third kappa shape index (κ3) is 3.15. The maximum absolute atomic E-state index is 12.4. The summed E-state index contributed by atoms with van der Waals surface area (Å²) < 4.78 is 5.75. The summed E-state index contributed by atoms with van der Waals surface area (Å²) in [4.78, 5) is 30.6. The van der Waals surface area contributed by atoms with Crippen LogP contribution in [0.2, 0.25) is 10.0 Å². The fourth-order valence-corrected chi connectivity index (χ4v) is 3.55. The van der Waals surface area contributed by atoms with E-state index in [2.05, 4.69) is 15.3 Å². The summed E-state index contributed by atoms with van der Waals surface area (Å²) in [6, 6.07) is 2.84. The average molecular weight is 400 g/mol. The number of rotatable bonds is 4. The number of ether oxygens (including phenoxy) is 1. The standard InChI is InChI=1S/C15H11Cl2N3O4S/c1-5-9(16)10(17)12(18-5)13(21)20-15-19-11-7(24-2)3-6(14(22)23)4-8(11)25-15/h3-4,18H,1-2H3,(H,22,23)(H,19,20,21). The molecule has 0 aliphatic heterocycles. The lowest BCUT2D eigenvalue weighted by atomic mass is 10.2. The highest BCUT2D eigenvalue weighted by Gasteiger charge is 2.20. The van der Waals surface area contributed by atoms with E-state index in [1.807, 2.05) is 0 Å². The van der Waals surface area contributed by atoms with Crippen LogP contribution < -0.4 is 10.1 Å². The van der Waals surface area contributed by atoms with Crippen molar-refractivity contribution in [2.24, 2.45) is 0 Å². The van der Waals surface area contributed by atoms with Crippen molar-refractivity contribution in [2.75, 3.05) is 12.4 Å². The molecule has 0 bridgehead atoms. The Kier molecular flexibility index (Phi) is 4.59. The number of aromatic nitrogens is 2. The van der Waals surface area contributed by atoms with Gasteiger partial charge in [0.05, 0.1) is 27.4 Å². The van der Waals surface area contributed by atoms with Crippen molar-refractivity contribution in [3.8, 4) is 5.75 Å². The lowest BCUT2D eigenvalue weighted by Crippen LogP contribution is -2.12. The molecular weight excluding hydrogens is 389 g/mol. The molecule has 0 fully saturated rings. The summed E-state index contributed by atoms with van der Waals surface area (Å²) in [6.45, 7) is 1.70. The molecule has 130 valence electrons. The number of carboxylic acid groups (broad SMARTS) is 1. The largest absolute Gasteiger partial charge is 0.494 e. The van der Waals surface area contributed by atoms with Gasteiger partial charge >= 0.3 is 5.97 Å². The number of aryl methyl sites for hydroxylation is 1. The number of aromatic carboxylic acids is 1. The topological polar surface area (TPSA) is 104 Å². The molecular formula is C15H11Cl2N3O4S. The first kappa shape index (κ1) is 17.5. The van der Waals surface area contributed by atoms with Crippen molar-refractivity contribution in [2.45, 2.75) is 6.92 Å². The van der Waals surface area contributed by atoms with Crippen LogP contribution in [0.3, 0.4) is 0 Å². The van der Waals surface area contributed by atoms with E-state index in [0.717, 1.165) is 11.3 Å². The zero-order valence-electron chi connectivity index (χ0n) is 12.9. The molecule has 25 heavy (non-hydrogen) atoms. The number of carbonyl (C=O) groups is 2. The van der Waals surface area contributed by atoms with Crippen LogP contribution in [0.15, 0.2) is 12.1 Å². The highest BCUT2D eigenvalue weighted by Crippen LogP contribution is 2.35. The number of halogens is 2. The van der Waals surface area contributed by atoms with E-state index >= 15 is 0 Å². The lowest BCUT2D eigenvalue weighted by molar-refractivity contribution is 0.0696. The molecule has 1 aromatic carbocycles. The van der Waals surface area contributed by atoms with Crippen molar-refractivity contribution >= 4 is 61.8 Å². The van der Waals surface area contributed by atoms with Crippen molar-refractivity contribution in [3.63, 3.8) is 0 Å². The molecule has 3 N–H and O–H groups in total. The molecule has 0 saturated heterocycles. The van der Waals surface area contributed by atoms with E-state index in [9.17, 15) is 9.59 Å². The Balaban J connectivity index is 1.98. The van der Waals surface area contributed by atoms with Crippen molar-refractivity contribution < 1.29 is 19.4 Å². The summed E-state index contributed by atoms with van der Waals surface area (Å²) in [5.74, 6) is -1.28. The Morgan fingerprint density at radius 1 is 1.32 bits per heavy atom. The van der Waals surface area contributed by atoms with E-state index in [1.165, 1.54) is 19.2 Å². The second-order valence-electron chi connectivity index (χ2n) is 5.06. The van der Waals surface area contributed by atoms with Crippen LogP contribution in [-0.2, 0) is 0 Å². The number of aromatic amines is 1. The summed E-state index contributed by atoms with van der Waals surface area (Å²) in [7, 11) is 1.42. The normalized spacial score (nSPS) is 10.9. The Bertz CT molecular complexity index is 1010. The maximum Gasteiger partial charge on any atom is 0.335 e. The van der Waals surface area contributed by atoms with E-state index in [-0.39, 0.29) is 26.4 Å². The van der Waals surface area contributed by atoms with Gasteiger partial charge in [0, 0.05) is 5.69 Å². The van der Waals surface area contributed by atoms with Crippen molar-refractivity contribution in [1.29, 1.82) is 0 Å². The first-order valence-corrected chi connectivity index (χ1v) is 8.45. The van der Waals surface area contributed by atoms with Crippen LogP contribution in [0.4, 0.5) is 5.13 Å². The molecule has 3 aromatic rings. The third-order valence-corrected chi connectivity index (χ3v) is 5.29. The molecule has 0 aliphatic carbocycles. The number of fused-ring (bicyclic) bond motifs is 1. The van der Waals surface area contributed by atoms with E-state index in [4.69, 9.17) is 33.0 Å².